The van der Waals surface area contributed by atoms with Crippen LogP contribution in [0.1, 0.15) is 78.1 Å². The van der Waals surface area contributed by atoms with Gasteiger partial charge in [0.05, 0.1) is 23.8 Å². The van der Waals surface area contributed by atoms with E-state index in [1.165, 1.54) is 25.0 Å². The Bertz CT molecular complexity index is 1140. The maximum absolute atomic E-state index is 12.9. The fraction of sp³-hybridized carbons (Fsp3) is 0.533. The van der Waals surface area contributed by atoms with Gasteiger partial charge in [0.1, 0.15) is 0 Å². The Hall–Kier alpha value is -2.32. The van der Waals surface area contributed by atoms with Gasteiger partial charge in [-0.2, -0.15) is 0 Å². The van der Waals surface area contributed by atoms with E-state index in [0.717, 1.165) is 69.9 Å². The lowest BCUT2D eigenvalue weighted by atomic mass is 10.1. The van der Waals surface area contributed by atoms with Crippen LogP contribution in [0.5, 0.6) is 0 Å². The zero-order valence-corrected chi connectivity index (χ0v) is 26.6. The molecule has 234 valence electrons. The monoisotopic (exact) mass is 624 g/mol. The van der Waals surface area contributed by atoms with Crippen molar-refractivity contribution in [2.24, 2.45) is 0 Å². The van der Waals surface area contributed by atoms with E-state index in [0.29, 0.717) is 24.1 Å². The highest BCUT2D eigenvalue weighted by Gasteiger charge is 2.26. The molecule has 12 heteroatoms. The third-order valence-electron chi connectivity index (χ3n) is 6.92. The number of hydrogen-bond donors (Lipinski definition) is 2. The molecule has 0 unspecified atom stereocenters. The van der Waals surface area contributed by atoms with Crippen LogP contribution >= 0.6 is 15.2 Å². The number of rotatable bonds is 23. The molecule has 2 N–H and O–H groups in total. The number of amides is 2. The van der Waals surface area contributed by atoms with Crippen LogP contribution in [0.25, 0.3) is 0 Å². The second kappa shape index (κ2) is 19.1. The van der Waals surface area contributed by atoms with Crippen molar-refractivity contribution < 1.29 is 37.6 Å². The number of nitrogens with zero attached hydrogens (tertiary/aromatic N) is 2. The van der Waals surface area contributed by atoms with Crippen molar-refractivity contribution in [2.75, 3.05) is 36.1 Å². The lowest BCUT2D eigenvalue weighted by molar-refractivity contribution is -0.108. The van der Waals surface area contributed by atoms with Crippen LogP contribution in [-0.4, -0.2) is 48.9 Å². The summed E-state index contributed by atoms with van der Waals surface area (Å²) < 4.78 is 35.0. The normalized spacial score (nSPS) is 11.8. The van der Waals surface area contributed by atoms with Gasteiger partial charge in [-0.15, -0.1) is 0 Å². The average molecular weight is 625 g/mol. The van der Waals surface area contributed by atoms with Gasteiger partial charge in [-0.3, -0.25) is 18.7 Å². The van der Waals surface area contributed by atoms with Gasteiger partial charge in [0, 0.05) is 24.5 Å². The van der Waals surface area contributed by atoms with Gasteiger partial charge in [0.25, 0.3) is 0 Å². The highest BCUT2D eigenvalue weighted by Crippen LogP contribution is 2.46. The van der Waals surface area contributed by atoms with E-state index in [1.54, 1.807) is 60.0 Å². The summed E-state index contributed by atoms with van der Waals surface area (Å²) in [4.78, 5) is 44.8. The fourth-order valence-electron chi connectivity index (χ4n) is 4.66. The molecule has 2 aromatic carbocycles. The first-order valence-corrected chi connectivity index (χ1v) is 17.9. The van der Waals surface area contributed by atoms with Gasteiger partial charge in [-0.1, -0.05) is 51.4 Å². The van der Waals surface area contributed by atoms with Gasteiger partial charge >= 0.3 is 15.2 Å². The molecule has 0 aliphatic rings. The largest absolute Gasteiger partial charge is 0.361 e. The van der Waals surface area contributed by atoms with Crippen molar-refractivity contribution in [3.63, 3.8) is 0 Å². The van der Waals surface area contributed by atoms with Gasteiger partial charge in [-0.05, 0) is 75.2 Å². The van der Waals surface area contributed by atoms with Crippen LogP contribution in [0.2, 0.25) is 0 Å². The fourth-order valence-corrected chi connectivity index (χ4v) is 6.76. The van der Waals surface area contributed by atoms with E-state index in [1.807, 2.05) is 0 Å². The minimum atomic E-state index is -4.29. The lowest BCUT2D eigenvalue weighted by Gasteiger charge is -2.20. The second-order valence-corrected chi connectivity index (χ2v) is 13.7. The molecule has 0 saturated heterocycles. The summed E-state index contributed by atoms with van der Waals surface area (Å²) in [5.41, 5.74) is 1.38. The van der Waals surface area contributed by atoms with Crippen LogP contribution in [0.3, 0.4) is 0 Å². The van der Waals surface area contributed by atoms with Crippen molar-refractivity contribution in [3.05, 3.63) is 48.5 Å². The minimum Gasteiger partial charge on any atom is -0.321 e. The van der Waals surface area contributed by atoms with Crippen molar-refractivity contribution in [1.29, 1.82) is 0 Å². The Balaban J connectivity index is 1.57. The average Bonchev–Trinajstić information content (AvgIpc) is 2.97. The van der Waals surface area contributed by atoms with Crippen molar-refractivity contribution in [3.8, 4) is 0 Å². The quantitative estimate of drug-likeness (QED) is 0.0886. The van der Waals surface area contributed by atoms with Crippen molar-refractivity contribution in [2.45, 2.75) is 78.1 Å². The first-order chi connectivity index (χ1) is 20.2. The summed E-state index contributed by atoms with van der Waals surface area (Å²) in [5, 5.41) is 0.425. The summed E-state index contributed by atoms with van der Waals surface area (Å²) in [6.45, 7) is 5.31. The number of carbonyl (C=O) groups is 2. The number of anilines is 2. The Labute approximate surface area is 250 Å². The predicted octanol–water partition coefficient (Wildman–Crippen LogP) is 5.91. The predicted molar refractivity (Wildman–Crippen MR) is 168 cm³/mol. The highest BCUT2D eigenvalue weighted by atomic mass is 31.2. The zero-order valence-electron chi connectivity index (χ0n) is 24.8. The molecule has 0 atom stereocenters. The summed E-state index contributed by atoms with van der Waals surface area (Å²) in [7, 11) is -7.63. The number of hydrogen-bond acceptors (Lipinski definition) is 6. The van der Waals surface area contributed by atoms with E-state index in [9.17, 15) is 28.5 Å². The molecule has 2 amide bonds. The van der Waals surface area contributed by atoms with E-state index in [2.05, 4.69) is 0 Å². The van der Waals surface area contributed by atoms with Gasteiger partial charge in [0.2, 0.25) is 12.8 Å². The second-order valence-electron chi connectivity index (χ2n) is 10.0. The van der Waals surface area contributed by atoms with E-state index in [4.69, 9.17) is 9.05 Å². The molecule has 0 fully saturated rings. The van der Waals surface area contributed by atoms with E-state index in [-0.39, 0.29) is 18.5 Å². The summed E-state index contributed by atoms with van der Waals surface area (Å²) in [6.07, 6.45) is 12.3. The zero-order chi connectivity index (χ0) is 30.8. The Kier molecular flexibility index (Phi) is 16.3. The lowest BCUT2D eigenvalue weighted by Crippen LogP contribution is -2.23. The Morgan fingerprint density at radius 2 is 0.929 bits per heavy atom. The van der Waals surface area contributed by atoms with Crippen LogP contribution < -0.4 is 20.4 Å². The topological polar surface area (TPSA) is 134 Å². The standard InChI is InChI=1S/C30H46N2O8P2/c1-3-39-42(38,40-4-2)30-21-17-28(18-22-30)32(26-34)24-14-12-10-8-6-5-7-9-11-13-23-31(25-33)27-15-19-29(20-16-27)41(35,36)37/h15-22,25-26H,3-14,23-24H2,1-2H3,(H2,35,36,37). The molecule has 0 aliphatic heterocycles. The van der Waals surface area contributed by atoms with E-state index >= 15 is 0 Å². The molecule has 0 saturated carbocycles. The number of carbonyl (C=O) groups excluding carboxylic acids is 2. The third kappa shape index (κ3) is 12.1. The Morgan fingerprint density at radius 1 is 0.595 bits per heavy atom. The number of benzene rings is 2. The van der Waals surface area contributed by atoms with Crippen LogP contribution in [0.4, 0.5) is 11.4 Å². The molecule has 0 aliphatic carbocycles. The summed E-state index contributed by atoms with van der Waals surface area (Å²) in [5.74, 6) is 0. The third-order valence-corrected chi connectivity index (χ3v) is 10.0. The first kappa shape index (κ1) is 35.9. The van der Waals surface area contributed by atoms with Gasteiger partial charge in [0.15, 0.2) is 0 Å². The van der Waals surface area contributed by atoms with Crippen LogP contribution in [0, 0.1) is 0 Å². The molecule has 0 aromatic heterocycles. The van der Waals surface area contributed by atoms with Crippen LogP contribution in [-0.2, 0) is 27.8 Å². The molecule has 0 radical (unpaired) electrons. The molecular weight excluding hydrogens is 578 g/mol. The molecule has 2 rings (SSSR count). The van der Waals surface area contributed by atoms with Crippen molar-refractivity contribution >= 4 is 50.0 Å². The SMILES string of the molecule is CCOP(=O)(OCC)c1ccc(N(C=O)CCCCCCCCCCCCN(C=O)c2ccc(P(=O)(O)O)cc2)cc1. The molecular formula is C30H46N2O8P2. The summed E-state index contributed by atoms with van der Waals surface area (Å²) >= 11 is 0. The first-order valence-electron chi connectivity index (χ1n) is 14.8. The molecule has 0 heterocycles. The van der Waals surface area contributed by atoms with Gasteiger partial charge < -0.3 is 28.6 Å². The smallest absolute Gasteiger partial charge is 0.321 e. The van der Waals surface area contributed by atoms with E-state index < -0.39 is 15.2 Å². The molecule has 42 heavy (non-hydrogen) atoms. The molecule has 2 aromatic rings. The van der Waals surface area contributed by atoms with Crippen LogP contribution in [0.15, 0.2) is 48.5 Å². The highest BCUT2D eigenvalue weighted by molar-refractivity contribution is 7.62. The maximum Gasteiger partial charge on any atom is 0.361 e. The minimum absolute atomic E-state index is 0.0580. The van der Waals surface area contributed by atoms with Crippen molar-refractivity contribution in [1.82, 2.24) is 0 Å². The molecule has 0 bridgehead atoms. The number of unbranched alkanes of at least 4 members (excludes halogenated alkanes) is 9. The van der Waals surface area contributed by atoms with Gasteiger partial charge in [-0.25, -0.2) is 0 Å². The molecule has 10 nitrogen and oxygen atoms in total. The Morgan fingerprint density at radius 3 is 1.24 bits per heavy atom. The molecule has 0 spiro atoms. The maximum atomic E-state index is 12.9. The summed E-state index contributed by atoms with van der Waals surface area (Å²) in [6, 6.07) is 12.8.